The van der Waals surface area contributed by atoms with Crippen LogP contribution in [-0.2, 0) is 14.4 Å². The summed E-state index contributed by atoms with van der Waals surface area (Å²) in [5.74, 6) is -1.55. The molecule has 9 heteroatoms. The maximum Gasteiger partial charge on any atom is 0.322 e. The molecule has 1 unspecified atom stereocenters. The molecule has 0 aliphatic heterocycles. The molecule has 0 bridgehead atoms. The standard InChI is InChI=1S/C16H21N3O6/c1-17-25-14(4-3-7-20)19(2)16(24)13-8-12(18-9-15(22)23)6-5-11(13)10-21/h5-8,10,14,17-18H,3-4,9H2,1-2H3,(H,22,23). The van der Waals surface area contributed by atoms with Crippen molar-refractivity contribution in [3.63, 3.8) is 0 Å². The van der Waals surface area contributed by atoms with Crippen LogP contribution in [0.5, 0.6) is 0 Å². The van der Waals surface area contributed by atoms with E-state index in [0.717, 1.165) is 6.29 Å². The molecule has 0 aliphatic rings. The van der Waals surface area contributed by atoms with Crippen molar-refractivity contribution < 1.29 is 29.1 Å². The number of carbonyl (C=O) groups excluding carboxylic acids is 3. The number of anilines is 1. The number of rotatable bonds is 11. The van der Waals surface area contributed by atoms with Gasteiger partial charge in [0.15, 0.2) is 12.5 Å². The number of carbonyl (C=O) groups is 4. The Kier molecular flexibility index (Phi) is 8.24. The van der Waals surface area contributed by atoms with Crippen LogP contribution in [0, 0.1) is 0 Å². The molecule has 0 fully saturated rings. The SMILES string of the molecule is CNOC(CCC=O)N(C)C(=O)c1cc(NCC(=O)O)ccc1C=O. The van der Waals surface area contributed by atoms with Crippen molar-refractivity contribution >= 4 is 30.1 Å². The normalized spacial score (nSPS) is 11.4. The van der Waals surface area contributed by atoms with E-state index in [2.05, 4.69) is 10.8 Å². The molecule has 3 N–H and O–H groups in total. The quantitative estimate of drug-likeness (QED) is 0.299. The third-order valence-electron chi connectivity index (χ3n) is 3.39. The number of carboxylic acid groups (broad SMARTS) is 1. The zero-order valence-corrected chi connectivity index (χ0v) is 14.0. The van der Waals surface area contributed by atoms with Crippen LogP contribution in [0.4, 0.5) is 5.69 Å². The highest BCUT2D eigenvalue weighted by Gasteiger charge is 2.24. The van der Waals surface area contributed by atoms with Crippen LogP contribution in [0.2, 0.25) is 0 Å². The van der Waals surface area contributed by atoms with Crippen LogP contribution in [-0.4, -0.2) is 61.3 Å². The zero-order valence-electron chi connectivity index (χ0n) is 14.0. The van der Waals surface area contributed by atoms with Gasteiger partial charge in [0.25, 0.3) is 5.91 Å². The number of hydroxylamine groups is 1. The lowest BCUT2D eigenvalue weighted by atomic mass is 10.1. The molecule has 0 heterocycles. The fraction of sp³-hybridized carbons (Fsp3) is 0.375. The number of benzene rings is 1. The van der Waals surface area contributed by atoms with E-state index >= 15 is 0 Å². The van der Waals surface area contributed by atoms with Crippen LogP contribution >= 0.6 is 0 Å². The van der Waals surface area contributed by atoms with Crippen molar-refractivity contribution in [2.75, 3.05) is 26.0 Å². The van der Waals surface area contributed by atoms with E-state index in [0.29, 0.717) is 12.0 Å². The van der Waals surface area contributed by atoms with Crippen molar-refractivity contribution in [3.8, 4) is 0 Å². The summed E-state index contributed by atoms with van der Waals surface area (Å²) in [4.78, 5) is 51.7. The topological polar surface area (TPSA) is 125 Å². The summed E-state index contributed by atoms with van der Waals surface area (Å²) in [6, 6.07) is 4.34. The van der Waals surface area contributed by atoms with Crippen LogP contribution < -0.4 is 10.8 Å². The maximum atomic E-state index is 12.7. The number of nitrogens with zero attached hydrogens (tertiary/aromatic N) is 1. The first-order chi connectivity index (χ1) is 11.9. The second kappa shape index (κ2) is 10.2. The van der Waals surface area contributed by atoms with Gasteiger partial charge in [-0.25, -0.2) is 5.48 Å². The van der Waals surface area contributed by atoms with E-state index < -0.39 is 18.1 Å². The molecule has 0 aliphatic carbocycles. The molecule has 136 valence electrons. The first-order valence-electron chi connectivity index (χ1n) is 7.52. The van der Waals surface area contributed by atoms with Gasteiger partial charge in [-0.1, -0.05) is 0 Å². The van der Waals surface area contributed by atoms with Crippen molar-refractivity contribution in [1.82, 2.24) is 10.4 Å². The third kappa shape index (κ3) is 5.98. The molecule has 1 aromatic carbocycles. The Balaban J connectivity index is 3.06. The Morgan fingerprint density at radius 1 is 1.36 bits per heavy atom. The van der Waals surface area contributed by atoms with Crippen molar-refractivity contribution in [1.29, 1.82) is 0 Å². The number of nitrogens with one attached hydrogen (secondary N) is 2. The summed E-state index contributed by atoms with van der Waals surface area (Å²) in [5, 5.41) is 11.4. The minimum Gasteiger partial charge on any atom is -0.480 e. The molecule has 25 heavy (non-hydrogen) atoms. The van der Waals surface area contributed by atoms with Crippen molar-refractivity contribution in [2.24, 2.45) is 0 Å². The minimum absolute atomic E-state index is 0.101. The van der Waals surface area contributed by atoms with Gasteiger partial charge in [-0.15, -0.1) is 0 Å². The summed E-state index contributed by atoms with van der Waals surface area (Å²) >= 11 is 0. The molecule has 1 rings (SSSR count). The van der Waals surface area contributed by atoms with Gasteiger partial charge in [0.2, 0.25) is 0 Å². The van der Waals surface area contributed by atoms with Gasteiger partial charge in [0.05, 0.1) is 5.56 Å². The predicted molar refractivity (Wildman–Crippen MR) is 89.3 cm³/mol. The monoisotopic (exact) mass is 351 g/mol. The van der Waals surface area contributed by atoms with Gasteiger partial charge in [-0.2, -0.15) is 0 Å². The zero-order chi connectivity index (χ0) is 18.8. The average Bonchev–Trinajstić information content (AvgIpc) is 2.61. The predicted octanol–water partition coefficient (Wildman–Crippen LogP) is 0.524. The number of hydrogen-bond acceptors (Lipinski definition) is 7. The summed E-state index contributed by atoms with van der Waals surface area (Å²) in [7, 11) is 3.01. The number of aliphatic carboxylic acids is 1. The van der Waals surface area contributed by atoms with E-state index in [-0.39, 0.29) is 30.5 Å². The van der Waals surface area contributed by atoms with Gasteiger partial charge < -0.3 is 20.1 Å². The highest BCUT2D eigenvalue weighted by atomic mass is 16.7. The van der Waals surface area contributed by atoms with Crippen LogP contribution in [0.1, 0.15) is 33.6 Å². The van der Waals surface area contributed by atoms with Crippen LogP contribution in [0.25, 0.3) is 0 Å². The Morgan fingerprint density at radius 3 is 2.64 bits per heavy atom. The Morgan fingerprint density at radius 2 is 2.08 bits per heavy atom. The maximum absolute atomic E-state index is 12.7. The number of amides is 1. The molecule has 1 aromatic rings. The van der Waals surface area contributed by atoms with Crippen molar-refractivity contribution in [2.45, 2.75) is 19.1 Å². The fourth-order valence-corrected chi connectivity index (χ4v) is 2.13. The molecular weight excluding hydrogens is 330 g/mol. The molecule has 0 saturated heterocycles. The highest BCUT2D eigenvalue weighted by molar-refractivity contribution is 6.02. The first kappa shape index (κ1) is 20.3. The smallest absolute Gasteiger partial charge is 0.322 e. The van der Waals surface area contributed by atoms with Crippen molar-refractivity contribution in [3.05, 3.63) is 29.3 Å². The third-order valence-corrected chi connectivity index (χ3v) is 3.39. The molecule has 9 nitrogen and oxygen atoms in total. The molecular formula is C16H21N3O6. The Labute approximate surface area is 144 Å². The minimum atomic E-state index is -1.05. The lowest BCUT2D eigenvalue weighted by Crippen LogP contribution is -2.41. The lowest BCUT2D eigenvalue weighted by molar-refractivity contribution is -0.134. The largest absolute Gasteiger partial charge is 0.480 e. The van der Waals surface area contributed by atoms with E-state index in [1.54, 1.807) is 0 Å². The second-order valence-electron chi connectivity index (χ2n) is 5.10. The van der Waals surface area contributed by atoms with E-state index in [4.69, 9.17) is 9.94 Å². The Hall–Kier alpha value is -2.78. The van der Waals surface area contributed by atoms with Crippen LogP contribution in [0.3, 0.4) is 0 Å². The number of hydrogen-bond donors (Lipinski definition) is 3. The fourth-order valence-electron chi connectivity index (χ4n) is 2.13. The number of aldehydes is 2. The van der Waals surface area contributed by atoms with E-state index in [1.165, 1.54) is 37.2 Å². The second-order valence-corrected chi connectivity index (χ2v) is 5.10. The van der Waals surface area contributed by atoms with Gasteiger partial charge in [0.1, 0.15) is 12.8 Å². The first-order valence-corrected chi connectivity index (χ1v) is 7.52. The molecule has 0 radical (unpaired) electrons. The number of carboxylic acids is 1. The van der Waals surface area contributed by atoms with E-state index in [1.807, 2.05) is 0 Å². The van der Waals surface area contributed by atoms with Gasteiger partial charge >= 0.3 is 5.97 Å². The van der Waals surface area contributed by atoms with Crippen LogP contribution in [0.15, 0.2) is 18.2 Å². The van der Waals surface area contributed by atoms with E-state index in [9.17, 15) is 19.2 Å². The average molecular weight is 351 g/mol. The Bertz CT molecular complexity index is 634. The summed E-state index contributed by atoms with van der Waals surface area (Å²) in [6.45, 7) is -0.325. The summed E-state index contributed by atoms with van der Waals surface area (Å²) in [6.07, 6.45) is 1.03. The summed E-state index contributed by atoms with van der Waals surface area (Å²) < 4.78 is 0. The van der Waals surface area contributed by atoms with Gasteiger partial charge in [-0.3, -0.25) is 19.2 Å². The molecule has 0 saturated carbocycles. The van der Waals surface area contributed by atoms with Gasteiger partial charge in [0, 0.05) is 38.2 Å². The summed E-state index contributed by atoms with van der Waals surface area (Å²) in [5.41, 5.74) is 3.14. The molecule has 0 spiro atoms. The molecule has 0 aromatic heterocycles. The lowest BCUT2D eigenvalue weighted by Gasteiger charge is -2.27. The molecule has 1 atom stereocenters. The molecule has 1 amide bonds. The highest BCUT2D eigenvalue weighted by Crippen LogP contribution is 2.18. The van der Waals surface area contributed by atoms with Gasteiger partial charge in [-0.05, 0) is 18.2 Å².